The molecule has 1 amide bonds. The number of nitrogens with zero attached hydrogens (tertiary/aromatic N) is 2. The van der Waals surface area contributed by atoms with E-state index in [1.165, 1.54) is 25.7 Å². The molecule has 0 bridgehead atoms. The number of piperidine rings is 1. The van der Waals surface area contributed by atoms with Crippen molar-refractivity contribution in [3.63, 3.8) is 0 Å². The molecule has 1 aromatic heterocycles. The summed E-state index contributed by atoms with van der Waals surface area (Å²) in [7, 11) is 0. The van der Waals surface area contributed by atoms with Crippen LogP contribution in [0.2, 0.25) is 0 Å². The summed E-state index contributed by atoms with van der Waals surface area (Å²) >= 11 is 0. The molecule has 1 saturated carbocycles. The first kappa shape index (κ1) is 15.3. The van der Waals surface area contributed by atoms with Crippen molar-refractivity contribution < 1.29 is 4.79 Å². The first-order valence-electron chi connectivity index (χ1n) is 8.38. The molecule has 2 fully saturated rings. The molecule has 3 rings (SSSR count). The minimum atomic E-state index is -0.339. The maximum absolute atomic E-state index is 12.6. The van der Waals surface area contributed by atoms with Crippen molar-refractivity contribution in [1.29, 1.82) is 0 Å². The molecule has 5 heteroatoms. The number of H-pyrrole nitrogens is 1. The van der Waals surface area contributed by atoms with Gasteiger partial charge in [-0.15, -0.1) is 0 Å². The second-order valence-electron chi connectivity index (χ2n) is 6.84. The highest BCUT2D eigenvalue weighted by molar-refractivity contribution is 5.79. The lowest BCUT2D eigenvalue weighted by molar-refractivity contribution is -0.133. The maximum atomic E-state index is 12.6. The fourth-order valence-corrected chi connectivity index (χ4v) is 4.11. The standard InChI is InChI=1S/C17H25N3O2/c1-11-15(12(2)19-17(22)18-11)9-16(21)20-8-7-13-5-3-4-6-14(13)10-20/h13-14H,3-10H2,1-2H3,(H,18,19,22)/t13-,14+/m1/s1. The van der Waals surface area contributed by atoms with Gasteiger partial charge in [-0.05, 0) is 38.5 Å². The van der Waals surface area contributed by atoms with Crippen LogP contribution in [0.15, 0.2) is 4.79 Å². The van der Waals surface area contributed by atoms with E-state index in [9.17, 15) is 9.59 Å². The number of aryl methyl sites for hydroxylation is 2. The molecule has 22 heavy (non-hydrogen) atoms. The number of carbonyl (C=O) groups is 1. The number of hydrogen-bond acceptors (Lipinski definition) is 3. The van der Waals surface area contributed by atoms with Crippen LogP contribution in [-0.2, 0) is 11.2 Å². The zero-order chi connectivity index (χ0) is 15.7. The van der Waals surface area contributed by atoms with E-state index in [1.54, 1.807) is 6.92 Å². The summed E-state index contributed by atoms with van der Waals surface area (Å²) in [4.78, 5) is 32.6. The second-order valence-corrected chi connectivity index (χ2v) is 6.84. The van der Waals surface area contributed by atoms with E-state index >= 15 is 0 Å². The Bertz CT molecular complexity index is 597. The highest BCUT2D eigenvalue weighted by Crippen LogP contribution is 2.36. The highest BCUT2D eigenvalue weighted by Gasteiger charge is 2.33. The van der Waals surface area contributed by atoms with Crippen molar-refractivity contribution >= 4 is 5.91 Å². The van der Waals surface area contributed by atoms with Gasteiger partial charge in [0, 0.05) is 30.0 Å². The zero-order valence-corrected chi connectivity index (χ0v) is 13.5. The molecule has 0 spiro atoms. The summed E-state index contributed by atoms with van der Waals surface area (Å²) in [6.45, 7) is 5.44. The third kappa shape index (κ3) is 3.08. The third-order valence-electron chi connectivity index (χ3n) is 5.42. The minimum Gasteiger partial charge on any atom is -0.342 e. The maximum Gasteiger partial charge on any atom is 0.345 e. The first-order chi connectivity index (χ1) is 10.5. The number of fused-ring (bicyclic) bond motifs is 1. The number of likely N-dealkylation sites (tertiary alicyclic amines) is 1. The Morgan fingerprint density at radius 2 is 1.95 bits per heavy atom. The van der Waals surface area contributed by atoms with Gasteiger partial charge in [0.05, 0.1) is 6.42 Å². The van der Waals surface area contributed by atoms with Crippen molar-refractivity contribution in [2.45, 2.75) is 52.4 Å². The molecular weight excluding hydrogens is 278 g/mol. The third-order valence-corrected chi connectivity index (χ3v) is 5.42. The molecule has 1 aliphatic heterocycles. The second kappa shape index (κ2) is 6.23. The van der Waals surface area contributed by atoms with Gasteiger partial charge in [0.15, 0.2) is 0 Å². The average molecular weight is 303 g/mol. The van der Waals surface area contributed by atoms with Gasteiger partial charge in [0.1, 0.15) is 0 Å². The van der Waals surface area contributed by atoms with E-state index < -0.39 is 0 Å². The van der Waals surface area contributed by atoms with Crippen molar-refractivity contribution in [1.82, 2.24) is 14.9 Å². The summed E-state index contributed by atoms with van der Waals surface area (Å²) in [6, 6.07) is 0. The average Bonchev–Trinajstić information content (AvgIpc) is 2.50. The van der Waals surface area contributed by atoms with Crippen LogP contribution < -0.4 is 5.69 Å². The fourth-order valence-electron chi connectivity index (χ4n) is 4.11. The topological polar surface area (TPSA) is 66.1 Å². The van der Waals surface area contributed by atoms with E-state index in [0.29, 0.717) is 18.0 Å². The van der Waals surface area contributed by atoms with Crippen LogP contribution in [-0.4, -0.2) is 33.9 Å². The quantitative estimate of drug-likeness (QED) is 0.908. The summed E-state index contributed by atoms with van der Waals surface area (Å²) in [5.74, 6) is 1.70. The van der Waals surface area contributed by atoms with E-state index in [2.05, 4.69) is 9.97 Å². The molecule has 2 heterocycles. The Labute approximate surface area is 131 Å². The van der Waals surface area contributed by atoms with Crippen molar-refractivity contribution in [3.05, 3.63) is 27.4 Å². The van der Waals surface area contributed by atoms with Gasteiger partial charge in [0.25, 0.3) is 0 Å². The number of carbonyl (C=O) groups excluding carboxylic acids is 1. The summed E-state index contributed by atoms with van der Waals surface area (Å²) < 4.78 is 0. The molecule has 120 valence electrons. The Morgan fingerprint density at radius 1 is 1.23 bits per heavy atom. The molecule has 1 aliphatic carbocycles. The molecule has 1 N–H and O–H groups in total. The molecule has 0 radical (unpaired) electrons. The molecule has 0 unspecified atom stereocenters. The molecule has 0 aromatic carbocycles. The molecule has 5 nitrogen and oxygen atoms in total. The predicted octanol–water partition coefficient (Wildman–Crippen LogP) is 1.97. The fraction of sp³-hybridized carbons (Fsp3) is 0.706. The lowest BCUT2D eigenvalue weighted by atomic mass is 9.75. The predicted molar refractivity (Wildman–Crippen MR) is 84.7 cm³/mol. The van der Waals surface area contributed by atoms with Crippen molar-refractivity contribution in [2.24, 2.45) is 11.8 Å². The molecular formula is C17H25N3O2. The number of aromatic amines is 1. The van der Waals surface area contributed by atoms with Crippen LogP contribution in [0, 0.1) is 25.7 Å². The Hall–Kier alpha value is -1.65. The van der Waals surface area contributed by atoms with E-state index in [1.807, 2.05) is 11.8 Å². The van der Waals surface area contributed by atoms with Crippen LogP contribution in [0.1, 0.15) is 49.1 Å². The Kier molecular flexibility index (Phi) is 4.32. The first-order valence-corrected chi connectivity index (χ1v) is 8.38. The van der Waals surface area contributed by atoms with Gasteiger partial charge in [-0.2, -0.15) is 4.98 Å². The van der Waals surface area contributed by atoms with E-state index in [0.717, 1.165) is 36.7 Å². The minimum absolute atomic E-state index is 0.170. The Balaban J connectivity index is 1.69. The molecule has 2 atom stereocenters. The number of aromatic nitrogens is 2. The SMILES string of the molecule is Cc1nc(=O)[nH]c(C)c1CC(=O)N1CC[C@H]2CCCC[C@H]2C1. The van der Waals surface area contributed by atoms with Crippen LogP contribution in [0.5, 0.6) is 0 Å². The smallest absolute Gasteiger partial charge is 0.342 e. The molecule has 1 saturated heterocycles. The number of hydrogen-bond donors (Lipinski definition) is 1. The summed E-state index contributed by atoms with van der Waals surface area (Å²) in [5.41, 5.74) is 1.96. The largest absolute Gasteiger partial charge is 0.345 e. The van der Waals surface area contributed by atoms with Gasteiger partial charge in [-0.25, -0.2) is 4.79 Å². The van der Waals surface area contributed by atoms with Crippen molar-refractivity contribution in [2.75, 3.05) is 13.1 Å². The molecule has 1 aromatic rings. The zero-order valence-electron chi connectivity index (χ0n) is 13.5. The van der Waals surface area contributed by atoms with Crippen molar-refractivity contribution in [3.8, 4) is 0 Å². The van der Waals surface area contributed by atoms with Gasteiger partial charge >= 0.3 is 5.69 Å². The Morgan fingerprint density at radius 3 is 2.68 bits per heavy atom. The van der Waals surface area contributed by atoms with Gasteiger partial charge < -0.3 is 9.88 Å². The summed E-state index contributed by atoms with van der Waals surface area (Å²) in [6.07, 6.45) is 6.78. The molecule has 2 aliphatic rings. The lowest BCUT2D eigenvalue weighted by Crippen LogP contribution is -2.45. The lowest BCUT2D eigenvalue weighted by Gasteiger charge is -2.41. The van der Waals surface area contributed by atoms with Gasteiger partial charge in [-0.1, -0.05) is 19.3 Å². The van der Waals surface area contributed by atoms with Gasteiger partial charge in [-0.3, -0.25) is 4.79 Å². The number of amides is 1. The number of rotatable bonds is 2. The number of nitrogens with one attached hydrogen (secondary N) is 1. The van der Waals surface area contributed by atoms with Crippen LogP contribution in [0.3, 0.4) is 0 Å². The normalized spacial score (nSPS) is 24.9. The van der Waals surface area contributed by atoms with Crippen LogP contribution in [0.4, 0.5) is 0 Å². The van der Waals surface area contributed by atoms with Crippen LogP contribution in [0.25, 0.3) is 0 Å². The van der Waals surface area contributed by atoms with E-state index in [4.69, 9.17) is 0 Å². The monoisotopic (exact) mass is 303 g/mol. The van der Waals surface area contributed by atoms with Gasteiger partial charge in [0.2, 0.25) is 5.91 Å². The summed E-state index contributed by atoms with van der Waals surface area (Å²) in [5, 5.41) is 0. The van der Waals surface area contributed by atoms with Crippen LogP contribution >= 0.6 is 0 Å². The van der Waals surface area contributed by atoms with E-state index in [-0.39, 0.29) is 11.6 Å². The highest BCUT2D eigenvalue weighted by atomic mass is 16.2.